The second-order valence-electron chi connectivity index (χ2n) is 5.39. The Labute approximate surface area is 146 Å². The number of aryl methyl sites for hydroxylation is 1. The minimum atomic E-state index is -3.51. The van der Waals surface area contributed by atoms with E-state index >= 15 is 0 Å². The molecule has 6 heteroatoms. The van der Waals surface area contributed by atoms with Gasteiger partial charge in [-0.05, 0) is 48.9 Å². The molecular formula is C18H18N2O2S2. The lowest BCUT2D eigenvalue weighted by molar-refractivity contribution is 0.603. The smallest absolute Gasteiger partial charge is 0.271 e. The van der Waals surface area contributed by atoms with E-state index in [2.05, 4.69) is 22.2 Å². The normalized spacial score (nSPS) is 11.2. The van der Waals surface area contributed by atoms with E-state index in [1.807, 2.05) is 37.3 Å². The van der Waals surface area contributed by atoms with E-state index in [0.29, 0.717) is 9.90 Å². The highest BCUT2D eigenvalue weighted by atomic mass is 32.2. The van der Waals surface area contributed by atoms with Gasteiger partial charge in [0.2, 0.25) is 0 Å². The third kappa shape index (κ3) is 4.15. The number of benzene rings is 2. The van der Waals surface area contributed by atoms with Gasteiger partial charge in [0.05, 0.1) is 0 Å². The Balaban J connectivity index is 1.64. The molecule has 0 atom stereocenters. The van der Waals surface area contributed by atoms with Crippen molar-refractivity contribution >= 4 is 32.7 Å². The van der Waals surface area contributed by atoms with Crippen molar-refractivity contribution in [3.63, 3.8) is 0 Å². The maximum absolute atomic E-state index is 12.3. The number of anilines is 2. The zero-order valence-corrected chi connectivity index (χ0v) is 14.8. The van der Waals surface area contributed by atoms with Gasteiger partial charge in [0, 0.05) is 22.8 Å². The van der Waals surface area contributed by atoms with Crippen LogP contribution < -0.4 is 10.0 Å². The fraction of sp³-hybridized carbons (Fsp3) is 0.111. The van der Waals surface area contributed by atoms with E-state index in [4.69, 9.17) is 0 Å². The van der Waals surface area contributed by atoms with Crippen LogP contribution in [0.4, 0.5) is 11.4 Å². The molecule has 0 aliphatic rings. The van der Waals surface area contributed by atoms with Gasteiger partial charge in [-0.3, -0.25) is 4.72 Å². The third-order valence-corrected chi connectivity index (χ3v) is 6.33. The zero-order valence-electron chi connectivity index (χ0n) is 13.2. The fourth-order valence-electron chi connectivity index (χ4n) is 2.22. The highest BCUT2D eigenvalue weighted by Crippen LogP contribution is 2.24. The van der Waals surface area contributed by atoms with Crippen LogP contribution in [-0.2, 0) is 16.6 Å². The molecule has 4 nitrogen and oxygen atoms in total. The van der Waals surface area contributed by atoms with Gasteiger partial charge < -0.3 is 5.32 Å². The van der Waals surface area contributed by atoms with Gasteiger partial charge in [0.25, 0.3) is 10.0 Å². The quantitative estimate of drug-likeness (QED) is 0.683. The summed E-state index contributed by atoms with van der Waals surface area (Å²) < 4.78 is 27.5. The molecule has 0 aliphatic heterocycles. The van der Waals surface area contributed by atoms with Crippen molar-refractivity contribution in [2.24, 2.45) is 0 Å². The summed E-state index contributed by atoms with van der Waals surface area (Å²) in [6, 6.07) is 20.8. The standard InChI is InChI=1S/C18H18N2O2S2/c1-14-7-12-18(23-14)24(21,22)20-17-10-8-16(9-11-17)19-13-15-5-3-2-4-6-15/h2-12,19-20H,13H2,1H3. The molecule has 0 unspecified atom stereocenters. The molecule has 0 spiro atoms. The first-order valence-corrected chi connectivity index (χ1v) is 9.80. The Morgan fingerprint density at radius 2 is 1.54 bits per heavy atom. The van der Waals surface area contributed by atoms with Gasteiger partial charge in [0.1, 0.15) is 4.21 Å². The van der Waals surface area contributed by atoms with Crippen molar-refractivity contribution < 1.29 is 8.42 Å². The summed E-state index contributed by atoms with van der Waals surface area (Å²) in [6.45, 7) is 2.61. The molecule has 0 radical (unpaired) electrons. The number of rotatable bonds is 6. The molecule has 0 saturated heterocycles. The Morgan fingerprint density at radius 3 is 2.17 bits per heavy atom. The SMILES string of the molecule is Cc1ccc(S(=O)(=O)Nc2ccc(NCc3ccccc3)cc2)s1. The van der Waals surface area contributed by atoms with Gasteiger partial charge in [-0.25, -0.2) is 8.42 Å². The molecule has 1 aromatic heterocycles. The molecule has 1 heterocycles. The van der Waals surface area contributed by atoms with Crippen molar-refractivity contribution in [2.75, 3.05) is 10.0 Å². The second kappa shape index (κ2) is 7.07. The van der Waals surface area contributed by atoms with Gasteiger partial charge in [-0.1, -0.05) is 30.3 Å². The predicted octanol–water partition coefficient (Wildman–Crippen LogP) is 4.47. The lowest BCUT2D eigenvalue weighted by Crippen LogP contribution is -2.11. The molecule has 24 heavy (non-hydrogen) atoms. The summed E-state index contributed by atoms with van der Waals surface area (Å²) in [5.41, 5.74) is 2.68. The van der Waals surface area contributed by atoms with Crippen LogP contribution in [0.25, 0.3) is 0 Å². The maximum atomic E-state index is 12.3. The Bertz CT molecular complexity index is 902. The van der Waals surface area contributed by atoms with Crippen molar-refractivity contribution in [3.05, 3.63) is 77.2 Å². The molecule has 0 aliphatic carbocycles. The summed E-state index contributed by atoms with van der Waals surface area (Å²) in [4.78, 5) is 0.968. The van der Waals surface area contributed by atoms with Gasteiger partial charge in [0.15, 0.2) is 0 Å². The Hall–Kier alpha value is -2.31. The molecule has 2 aromatic carbocycles. The molecular weight excluding hydrogens is 340 g/mol. The lowest BCUT2D eigenvalue weighted by atomic mass is 10.2. The summed E-state index contributed by atoms with van der Waals surface area (Å²) >= 11 is 1.26. The van der Waals surface area contributed by atoms with E-state index in [1.54, 1.807) is 24.3 Å². The number of thiophene rings is 1. The van der Waals surface area contributed by atoms with E-state index in [-0.39, 0.29) is 0 Å². The molecule has 0 saturated carbocycles. The third-order valence-electron chi connectivity index (χ3n) is 3.46. The molecule has 0 amide bonds. The topological polar surface area (TPSA) is 58.2 Å². The summed E-state index contributed by atoms with van der Waals surface area (Å²) in [5, 5.41) is 3.31. The van der Waals surface area contributed by atoms with Crippen LogP contribution in [0.1, 0.15) is 10.4 Å². The average molecular weight is 358 g/mol. The summed E-state index contributed by atoms with van der Waals surface area (Å²) in [5.74, 6) is 0. The van der Waals surface area contributed by atoms with Crippen molar-refractivity contribution in [1.29, 1.82) is 0 Å². The molecule has 3 rings (SSSR count). The van der Waals surface area contributed by atoms with Crippen LogP contribution in [-0.4, -0.2) is 8.42 Å². The van der Waals surface area contributed by atoms with E-state index < -0.39 is 10.0 Å². The average Bonchev–Trinajstić information content (AvgIpc) is 3.02. The van der Waals surface area contributed by atoms with Crippen LogP contribution in [0, 0.1) is 6.92 Å². The molecule has 124 valence electrons. The number of hydrogen-bond donors (Lipinski definition) is 2. The number of hydrogen-bond acceptors (Lipinski definition) is 4. The molecule has 2 N–H and O–H groups in total. The highest BCUT2D eigenvalue weighted by Gasteiger charge is 2.16. The Kier molecular flexibility index (Phi) is 4.87. The van der Waals surface area contributed by atoms with Gasteiger partial charge in [-0.15, -0.1) is 11.3 Å². The van der Waals surface area contributed by atoms with Crippen molar-refractivity contribution in [3.8, 4) is 0 Å². The summed E-state index contributed by atoms with van der Waals surface area (Å²) in [7, 11) is -3.51. The summed E-state index contributed by atoms with van der Waals surface area (Å²) in [6.07, 6.45) is 0. The monoisotopic (exact) mass is 358 g/mol. The minimum Gasteiger partial charge on any atom is -0.381 e. The van der Waals surface area contributed by atoms with E-state index in [9.17, 15) is 8.42 Å². The van der Waals surface area contributed by atoms with Crippen LogP contribution in [0.15, 0.2) is 70.9 Å². The largest absolute Gasteiger partial charge is 0.381 e. The van der Waals surface area contributed by atoms with Crippen LogP contribution in [0.3, 0.4) is 0 Å². The maximum Gasteiger partial charge on any atom is 0.271 e. The lowest BCUT2D eigenvalue weighted by Gasteiger charge is -2.09. The minimum absolute atomic E-state index is 0.325. The fourth-order valence-corrected chi connectivity index (χ4v) is 4.56. The van der Waals surface area contributed by atoms with Crippen molar-refractivity contribution in [2.45, 2.75) is 17.7 Å². The van der Waals surface area contributed by atoms with E-state index in [0.717, 1.165) is 17.1 Å². The number of nitrogens with one attached hydrogen (secondary N) is 2. The van der Waals surface area contributed by atoms with Crippen molar-refractivity contribution in [1.82, 2.24) is 0 Å². The van der Waals surface area contributed by atoms with Crippen LogP contribution >= 0.6 is 11.3 Å². The highest BCUT2D eigenvalue weighted by molar-refractivity contribution is 7.94. The number of sulfonamides is 1. The van der Waals surface area contributed by atoms with Gasteiger partial charge in [-0.2, -0.15) is 0 Å². The Morgan fingerprint density at radius 1 is 0.875 bits per heavy atom. The molecule has 0 fully saturated rings. The van der Waals surface area contributed by atoms with Gasteiger partial charge >= 0.3 is 0 Å². The zero-order chi connectivity index (χ0) is 17.0. The van der Waals surface area contributed by atoms with Crippen LogP contribution in [0.5, 0.6) is 0 Å². The van der Waals surface area contributed by atoms with E-state index in [1.165, 1.54) is 16.9 Å². The first-order valence-electron chi connectivity index (χ1n) is 7.50. The first-order chi connectivity index (χ1) is 11.5. The molecule has 3 aromatic rings. The second-order valence-corrected chi connectivity index (χ2v) is 8.58. The first kappa shape index (κ1) is 16.5. The predicted molar refractivity (Wildman–Crippen MR) is 100 cm³/mol. The van der Waals surface area contributed by atoms with Crippen LogP contribution in [0.2, 0.25) is 0 Å². The molecule has 0 bridgehead atoms.